The Balaban J connectivity index is 1.97. The van der Waals surface area contributed by atoms with Crippen molar-refractivity contribution in [2.75, 3.05) is 38.6 Å². The van der Waals surface area contributed by atoms with E-state index in [9.17, 15) is 9.90 Å². The van der Waals surface area contributed by atoms with Gasteiger partial charge in [0.15, 0.2) is 0 Å². The summed E-state index contributed by atoms with van der Waals surface area (Å²) in [7, 11) is 1.58. The van der Waals surface area contributed by atoms with Crippen molar-refractivity contribution < 1.29 is 14.6 Å². The van der Waals surface area contributed by atoms with Crippen LogP contribution in [0.5, 0.6) is 5.75 Å². The highest BCUT2D eigenvalue weighted by molar-refractivity contribution is 5.94. The molecule has 1 aromatic rings. The summed E-state index contributed by atoms with van der Waals surface area (Å²) in [5, 5.41) is 12.5. The number of aromatic carboxylic acids is 1. The number of hydrogen-bond acceptors (Lipinski definition) is 4. The molecule has 2 N–H and O–H groups in total. The van der Waals surface area contributed by atoms with Crippen molar-refractivity contribution in [1.29, 1.82) is 0 Å². The average Bonchev–Trinajstić information content (AvgIpc) is 2.52. The van der Waals surface area contributed by atoms with Gasteiger partial charge in [0, 0.05) is 12.6 Å². The number of nitrogens with zero attached hydrogens (tertiary/aromatic N) is 1. The maximum Gasteiger partial charge on any atom is 0.337 e. The van der Waals surface area contributed by atoms with Crippen molar-refractivity contribution in [2.24, 2.45) is 5.92 Å². The molecule has 0 radical (unpaired) electrons. The van der Waals surface area contributed by atoms with Crippen molar-refractivity contribution in [3.8, 4) is 5.75 Å². The highest BCUT2D eigenvalue weighted by Gasteiger charge is 2.19. The van der Waals surface area contributed by atoms with Gasteiger partial charge in [0.25, 0.3) is 0 Å². The van der Waals surface area contributed by atoms with Crippen LogP contribution in [-0.2, 0) is 0 Å². The second-order valence-electron chi connectivity index (χ2n) is 5.48. The van der Waals surface area contributed by atoms with E-state index in [1.165, 1.54) is 0 Å². The van der Waals surface area contributed by atoms with E-state index in [0.29, 0.717) is 22.9 Å². The fourth-order valence-electron chi connectivity index (χ4n) is 2.74. The van der Waals surface area contributed by atoms with Crippen molar-refractivity contribution in [1.82, 2.24) is 4.90 Å². The molecule has 0 aliphatic carbocycles. The van der Waals surface area contributed by atoms with Crippen LogP contribution in [0.1, 0.15) is 30.1 Å². The van der Waals surface area contributed by atoms with Gasteiger partial charge >= 0.3 is 5.97 Å². The first-order chi connectivity index (χ1) is 10.1. The Bertz CT molecular complexity index is 482. The van der Waals surface area contributed by atoms with E-state index in [4.69, 9.17) is 4.74 Å². The monoisotopic (exact) mass is 292 g/mol. The summed E-state index contributed by atoms with van der Waals surface area (Å²) in [5.74, 6) is 0.352. The molecule has 0 aromatic heterocycles. The first kappa shape index (κ1) is 15.6. The highest BCUT2D eigenvalue weighted by Crippen LogP contribution is 2.24. The molecule has 1 heterocycles. The molecule has 2 rings (SSSR count). The molecule has 0 spiro atoms. The van der Waals surface area contributed by atoms with E-state index >= 15 is 0 Å². The first-order valence-corrected chi connectivity index (χ1v) is 7.51. The Morgan fingerprint density at radius 2 is 2.14 bits per heavy atom. The zero-order chi connectivity index (χ0) is 15.2. The summed E-state index contributed by atoms with van der Waals surface area (Å²) >= 11 is 0. The quantitative estimate of drug-likeness (QED) is 0.843. The van der Waals surface area contributed by atoms with Crippen LogP contribution in [0.2, 0.25) is 0 Å². The van der Waals surface area contributed by atoms with Gasteiger partial charge in [-0.25, -0.2) is 4.79 Å². The number of carbonyl (C=O) groups is 1. The Hall–Kier alpha value is -1.75. The predicted molar refractivity (Wildman–Crippen MR) is 83.3 cm³/mol. The van der Waals surface area contributed by atoms with Crippen LogP contribution in [0.15, 0.2) is 18.2 Å². The number of nitrogens with one attached hydrogen (secondary N) is 1. The number of carboxylic acid groups (broad SMARTS) is 1. The molecule has 1 aliphatic heterocycles. The van der Waals surface area contributed by atoms with Gasteiger partial charge in [-0.15, -0.1) is 0 Å². The van der Waals surface area contributed by atoms with Gasteiger partial charge in [-0.2, -0.15) is 0 Å². The van der Waals surface area contributed by atoms with Crippen molar-refractivity contribution in [2.45, 2.75) is 19.8 Å². The van der Waals surface area contributed by atoms with E-state index in [1.807, 2.05) is 0 Å². The van der Waals surface area contributed by atoms with Gasteiger partial charge in [0.2, 0.25) is 0 Å². The van der Waals surface area contributed by atoms with E-state index < -0.39 is 5.97 Å². The van der Waals surface area contributed by atoms with E-state index in [0.717, 1.165) is 39.0 Å². The Morgan fingerprint density at radius 1 is 1.43 bits per heavy atom. The number of hydrogen-bond donors (Lipinski definition) is 2. The van der Waals surface area contributed by atoms with E-state index in [1.54, 1.807) is 25.3 Å². The van der Waals surface area contributed by atoms with Crippen LogP contribution in [0.4, 0.5) is 5.69 Å². The number of benzene rings is 1. The van der Waals surface area contributed by atoms with Crippen LogP contribution in [0.25, 0.3) is 0 Å². The first-order valence-electron chi connectivity index (χ1n) is 7.51. The summed E-state index contributed by atoms with van der Waals surface area (Å²) in [6, 6.07) is 5.02. The minimum absolute atomic E-state index is 0.293. The number of anilines is 1. The van der Waals surface area contributed by atoms with Gasteiger partial charge < -0.3 is 20.1 Å². The summed E-state index contributed by atoms with van der Waals surface area (Å²) < 4.78 is 5.17. The molecule has 21 heavy (non-hydrogen) atoms. The average molecular weight is 292 g/mol. The third kappa shape index (κ3) is 4.11. The van der Waals surface area contributed by atoms with Crippen LogP contribution in [-0.4, -0.2) is 49.3 Å². The lowest BCUT2D eigenvalue weighted by atomic mass is 9.96. The third-order valence-corrected chi connectivity index (χ3v) is 4.19. The number of carboxylic acids is 1. The molecule has 1 aliphatic rings. The number of rotatable bonds is 6. The molecular weight excluding hydrogens is 268 g/mol. The third-order valence-electron chi connectivity index (χ3n) is 4.19. The smallest absolute Gasteiger partial charge is 0.337 e. The standard InChI is InChI=1S/C16H24N2O3/c1-3-18-8-6-12(7-9-18)11-17-15-10-13(21-2)4-5-14(15)16(19)20/h4-5,10,12,17H,3,6-9,11H2,1-2H3,(H,19,20). The highest BCUT2D eigenvalue weighted by atomic mass is 16.5. The Morgan fingerprint density at radius 3 is 2.71 bits per heavy atom. The van der Waals surface area contributed by atoms with E-state index in [-0.39, 0.29) is 0 Å². The Labute approximate surface area is 125 Å². The fraction of sp³-hybridized carbons (Fsp3) is 0.562. The predicted octanol–water partition coefficient (Wildman–Crippen LogP) is 2.54. The maximum atomic E-state index is 11.3. The molecule has 116 valence electrons. The van der Waals surface area contributed by atoms with Crippen LogP contribution < -0.4 is 10.1 Å². The second-order valence-corrected chi connectivity index (χ2v) is 5.48. The fourth-order valence-corrected chi connectivity index (χ4v) is 2.74. The lowest BCUT2D eigenvalue weighted by Crippen LogP contribution is -2.35. The molecule has 0 bridgehead atoms. The lowest BCUT2D eigenvalue weighted by molar-refractivity contribution is 0.0698. The summed E-state index contributed by atoms with van der Waals surface area (Å²) in [4.78, 5) is 13.7. The molecule has 1 saturated heterocycles. The molecule has 5 heteroatoms. The zero-order valence-electron chi connectivity index (χ0n) is 12.8. The number of ether oxygens (including phenoxy) is 1. The summed E-state index contributed by atoms with van der Waals surface area (Å²) in [5.41, 5.74) is 0.932. The molecule has 0 unspecified atom stereocenters. The van der Waals surface area contributed by atoms with Gasteiger partial charge in [0.1, 0.15) is 5.75 Å². The molecule has 0 saturated carbocycles. The van der Waals surface area contributed by atoms with Crippen LogP contribution in [0.3, 0.4) is 0 Å². The molecule has 1 aromatic carbocycles. The van der Waals surface area contributed by atoms with Crippen LogP contribution in [0, 0.1) is 5.92 Å². The van der Waals surface area contributed by atoms with Crippen LogP contribution >= 0.6 is 0 Å². The lowest BCUT2D eigenvalue weighted by Gasteiger charge is -2.31. The van der Waals surface area contributed by atoms with Gasteiger partial charge in [-0.3, -0.25) is 0 Å². The van der Waals surface area contributed by atoms with E-state index in [2.05, 4.69) is 17.1 Å². The van der Waals surface area contributed by atoms with Crippen molar-refractivity contribution in [3.05, 3.63) is 23.8 Å². The maximum absolute atomic E-state index is 11.3. The largest absolute Gasteiger partial charge is 0.497 e. The van der Waals surface area contributed by atoms with Crippen molar-refractivity contribution in [3.63, 3.8) is 0 Å². The normalized spacial score (nSPS) is 16.7. The molecule has 0 atom stereocenters. The zero-order valence-corrected chi connectivity index (χ0v) is 12.8. The SMILES string of the molecule is CCN1CCC(CNc2cc(OC)ccc2C(=O)O)CC1. The van der Waals surface area contributed by atoms with Gasteiger partial charge in [0.05, 0.1) is 18.4 Å². The minimum atomic E-state index is -0.916. The minimum Gasteiger partial charge on any atom is -0.497 e. The second kappa shape index (κ2) is 7.31. The molecule has 1 fully saturated rings. The molecule has 0 amide bonds. The van der Waals surface area contributed by atoms with Gasteiger partial charge in [-0.05, 0) is 50.5 Å². The summed E-state index contributed by atoms with van der Waals surface area (Å²) in [6.45, 7) is 6.37. The topological polar surface area (TPSA) is 61.8 Å². The van der Waals surface area contributed by atoms with Crippen molar-refractivity contribution >= 4 is 11.7 Å². The number of methoxy groups -OCH3 is 1. The van der Waals surface area contributed by atoms with Gasteiger partial charge in [-0.1, -0.05) is 6.92 Å². The number of piperidine rings is 1. The molecule has 5 nitrogen and oxygen atoms in total. The number of likely N-dealkylation sites (tertiary alicyclic amines) is 1. The molecular formula is C16H24N2O3. The Kier molecular flexibility index (Phi) is 5.44. The summed E-state index contributed by atoms with van der Waals surface area (Å²) in [6.07, 6.45) is 2.32.